The lowest BCUT2D eigenvalue weighted by Gasteiger charge is -2.21. The van der Waals surface area contributed by atoms with Gasteiger partial charge < -0.3 is 4.74 Å². The number of fused-ring (bicyclic) bond motifs is 1. The summed E-state index contributed by atoms with van der Waals surface area (Å²) < 4.78 is 6.97. The van der Waals surface area contributed by atoms with Gasteiger partial charge in [0.05, 0.1) is 28.4 Å². The van der Waals surface area contributed by atoms with Crippen molar-refractivity contribution in [3.05, 3.63) is 59.7 Å². The molecule has 3 rings (SSSR count). The maximum Gasteiger partial charge on any atom is 0.419 e. The number of benzene rings is 2. The Morgan fingerprint density at radius 2 is 1.73 bits per heavy atom. The Hall–Kier alpha value is -3.57. The number of rotatable bonds is 1. The fraction of sp³-hybridized carbons (Fsp3) is 0.190. The minimum Gasteiger partial charge on any atom is -0.443 e. The van der Waals surface area contributed by atoms with Crippen LogP contribution in [0.2, 0.25) is 0 Å². The lowest BCUT2D eigenvalue weighted by atomic mass is 10.1. The first kappa shape index (κ1) is 17.3. The van der Waals surface area contributed by atoms with Crippen LogP contribution in [0, 0.1) is 22.7 Å². The Morgan fingerprint density at radius 3 is 2.31 bits per heavy atom. The first-order valence-electron chi connectivity index (χ1n) is 8.13. The molecule has 0 unspecified atom stereocenters. The van der Waals surface area contributed by atoms with E-state index in [0.29, 0.717) is 27.7 Å². The largest absolute Gasteiger partial charge is 0.443 e. The SMILES string of the molecule is CC(C)(C)OC(=O)n1c(-c2ccccc2)c(C#N)c2cc(C#N)ccc21. The van der Waals surface area contributed by atoms with Crippen LogP contribution < -0.4 is 0 Å². The number of hydrogen-bond donors (Lipinski definition) is 0. The molecule has 5 heteroatoms. The normalized spacial score (nSPS) is 11.0. The first-order valence-corrected chi connectivity index (χ1v) is 8.13. The molecule has 26 heavy (non-hydrogen) atoms. The van der Waals surface area contributed by atoms with Gasteiger partial charge in [-0.15, -0.1) is 0 Å². The molecule has 0 atom stereocenters. The molecule has 0 saturated carbocycles. The van der Waals surface area contributed by atoms with Crippen molar-refractivity contribution in [1.29, 1.82) is 10.5 Å². The van der Waals surface area contributed by atoms with Crippen molar-refractivity contribution >= 4 is 17.0 Å². The van der Waals surface area contributed by atoms with Crippen LogP contribution in [0.5, 0.6) is 0 Å². The maximum atomic E-state index is 12.9. The van der Waals surface area contributed by atoms with Gasteiger partial charge in [-0.3, -0.25) is 0 Å². The first-order chi connectivity index (χ1) is 12.4. The summed E-state index contributed by atoms with van der Waals surface area (Å²) in [6.07, 6.45) is -0.562. The van der Waals surface area contributed by atoms with Gasteiger partial charge in [-0.2, -0.15) is 10.5 Å². The highest BCUT2D eigenvalue weighted by Gasteiger charge is 2.26. The molecule has 0 aliphatic carbocycles. The lowest BCUT2D eigenvalue weighted by Crippen LogP contribution is -2.27. The van der Waals surface area contributed by atoms with E-state index in [-0.39, 0.29) is 0 Å². The van der Waals surface area contributed by atoms with E-state index in [1.165, 1.54) is 4.57 Å². The van der Waals surface area contributed by atoms with Crippen LogP contribution in [0.1, 0.15) is 31.9 Å². The van der Waals surface area contributed by atoms with Crippen LogP contribution in [0.4, 0.5) is 4.79 Å². The molecule has 0 saturated heterocycles. The second kappa shape index (κ2) is 6.38. The molecule has 0 fully saturated rings. The smallest absolute Gasteiger partial charge is 0.419 e. The topological polar surface area (TPSA) is 78.8 Å². The number of aromatic nitrogens is 1. The molecule has 1 heterocycles. The van der Waals surface area contributed by atoms with E-state index >= 15 is 0 Å². The molecule has 0 aliphatic heterocycles. The molecule has 0 N–H and O–H groups in total. The minimum absolute atomic E-state index is 0.342. The van der Waals surface area contributed by atoms with Crippen molar-refractivity contribution < 1.29 is 9.53 Å². The van der Waals surface area contributed by atoms with E-state index in [9.17, 15) is 15.3 Å². The zero-order chi connectivity index (χ0) is 18.9. The predicted octanol–water partition coefficient (Wildman–Crippen LogP) is 4.83. The molecule has 2 aromatic carbocycles. The van der Waals surface area contributed by atoms with Gasteiger partial charge in [0.15, 0.2) is 0 Å². The second-order valence-electron chi connectivity index (χ2n) is 6.86. The van der Waals surface area contributed by atoms with E-state index in [1.54, 1.807) is 39.0 Å². The Kier molecular flexibility index (Phi) is 4.24. The van der Waals surface area contributed by atoms with Gasteiger partial charge in [0, 0.05) is 10.9 Å². The molecule has 128 valence electrons. The average Bonchev–Trinajstić information content (AvgIpc) is 2.94. The van der Waals surface area contributed by atoms with Gasteiger partial charge in [0.25, 0.3) is 0 Å². The fourth-order valence-corrected chi connectivity index (χ4v) is 2.84. The highest BCUT2D eigenvalue weighted by molar-refractivity contribution is 6.01. The number of hydrogen-bond acceptors (Lipinski definition) is 4. The summed E-state index contributed by atoms with van der Waals surface area (Å²) in [7, 11) is 0. The number of carbonyl (C=O) groups excluding carboxylic acids is 1. The second-order valence-corrected chi connectivity index (χ2v) is 6.86. The highest BCUT2D eigenvalue weighted by atomic mass is 16.6. The number of carbonyl (C=O) groups is 1. The predicted molar refractivity (Wildman–Crippen MR) is 98.4 cm³/mol. The minimum atomic E-state index is -0.680. The third kappa shape index (κ3) is 3.03. The molecular formula is C21H17N3O2. The van der Waals surface area contributed by atoms with Gasteiger partial charge in [-0.25, -0.2) is 9.36 Å². The monoisotopic (exact) mass is 343 g/mol. The standard InChI is InChI=1S/C21H17N3O2/c1-21(2,3)26-20(25)24-18-10-9-14(12-22)11-16(18)17(13-23)19(24)15-7-5-4-6-8-15/h4-11H,1-3H3. The van der Waals surface area contributed by atoms with Crippen molar-refractivity contribution in [2.75, 3.05) is 0 Å². The Morgan fingerprint density at radius 1 is 1.04 bits per heavy atom. The summed E-state index contributed by atoms with van der Waals surface area (Å²) in [5.74, 6) is 0. The molecule has 0 aliphatic rings. The summed E-state index contributed by atoms with van der Waals surface area (Å²) >= 11 is 0. The quantitative estimate of drug-likeness (QED) is 0.633. The van der Waals surface area contributed by atoms with Crippen LogP contribution in [-0.2, 0) is 4.74 Å². The summed E-state index contributed by atoms with van der Waals surface area (Å²) in [6, 6.07) is 18.4. The van der Waals surface area contributed by atoms with E-state index in [2.05, 4.69) is 12.1 Å². The third-order valence-electron chi connectivity index (χ3n) is 3.83. The van der Waals surface area contributed by atoms with Gasteiger partial charge >= 0.3 is 6.09 Å². The summed E-state index contributed by atoms with van der Waals surface area (Å²) in [6.45, 7) is 5.37. The van der Waals surface area contributed by atoms with Crippen LogP contribution >= 0.6 is 0 Å². The summed E-state index contributed by atoms with van der Waals surface area (Å²) in [4.78, 5) is 12.9. The highest BCUT2D eigenvalue weighted by Crippen LogP contribution is 2.34. The zero-order valence-electron chi connectivity index (χ0n) is 14.8. The molecule has 1 aromatic heterocycles. The Labute approximate surface area is 151 Å². The molecule has 0 radical (unpaired) electrons. The lowest BCUT2D eigenvalue weighted by molar-refractivity contribution is 0.0547. The van der Waals surface area contributed by atoms with Crippen molar-refractivity contribution in [3.63, 3.8) is 0 Å². The van der Waals surface area contributed by atoms with E-state index < -0.39 is 11.7 Å². The van der Waals surface area contributed by atoms with Crippen molar-refractivity contribution in [3.8, 4) is 23.4 Å². The van der Waals surface area contributed by atoms with Crippen molar-refractivity contribution in [2.24, 2.45) is 0 Å². The fourth-order valence-electron chi connectivity index (χ4n) is 2.84. The van der Waals surface area contributed by atoms with Gasteiger partial charge in [0.2, 0.25) is 0 Å². The maximum absolute atomic E-state index is 12.9. The third-order valence-corrected chi connectivity index (χ3v) is 3.83. The molecule has 0 amide bonds. The van der Waals surface area contributed by atoms with Gasteiger partial charge in [0.1, 0.15) is 11.7 Å². The van der Waals surface area contributed by atoms with Crippen LogP contribution in [-0.4, -0.2) is 16.3 Å². The molecule has 3 aromatic rings. The van der Waals surface area contributed by atoms with Crippen LogP contribution in [0.25, 0.3) is 22.2 Å². The molecule has 0 spiro atoms. The van der Waals surface area contributed by atoms with E-state index in [0.717, 1.165) is 5.56 Å². The summed E-state index contributed by atoms with van der Waals surface area (Å²) in [5, 5.41) is 19.5. The van der Waals surface area contributed by atoms with Crippen molar-refractivity contribution in [2.45, 2.75) is 26.4 Å². The average molecular weight is 343 g/mol. The number of nitrogens with zero attached hydrogens (tertiary/aromatic N) is 3. The van der Waals surface area contributed by atoms with Crippen LogP contribution in [0.3, 0.4) is 0 Å². The van der Waals surface area contributed by atoms with Gasteiger partial charge in [-0.05, 0) is 39.0 Å². The van der Waals surface area contributed by atoms with Crippen LogP contribution in [0.15, 0.2) is 48.5 Å². The van der Waals surface area contributed by atoms with Crippen molar-refractivity contribution in [1.82, 2.24) is 4.57 Å². The Bertz CT molecular complexity index is 1070. The van der Waals surface area contributed by atoms with Gasteiger partial charge in [-0.1, -0.05) is 30.3 Å². The summed E-state index contributed by atoms with van der Waals surface area (Å²) in [5.41, 5.74) is 1.82. The molecular weight excluding hydrogens is 326 g/mol. The number of nitriles is 2. The Balaban J connectivity index is 2.39. The van der Waals surface area contributed by atoms with E-state index in [1.807, 2.05) is 30.3 Å². The zero-order valence-corrected chi connectivity index (χ0v) is 14.8. The van der Waals surface area contributed by atoms with E-state index in [4.69, 9.17) is 4.74 Å². The molecule has 5 nitrogen and oxygen atoms in total. The molecule has 0 bridgehead atoms. The number of ether oxygens (including phenoxy) is 1.